The molecule has 0 fully saturated rings. The van der Waals surface area contributed by atoms with Crippen LogP contribution in [0.3, 0.4) is 0 Å². The van der Waals surface area contributed by atoms with E-state index in [0.29, 0.717) is 0 Å². The molecule has 2 aromatic carbocycles. The summed E-state index contributed by atoms with van der Waals surface area (Å²) in [6.45, 7) is 0. The molecule has 0 bridgehead atoms. The van der Waals surface area contributed by atoms with Crippen molar-refractivity contribution in [1.82, 2.24) is 5.32 Å². The summed E-state index contributed by atoms with van der Waals surface area (Å²) in [6.07, 6.45) is 0.0144. The van der Waals surface area contributed by atoms with E-state index in [2.05, 4.69) is 5.32 Å². The van der Waals surface area contributed by atoms with E-state index in [1.807, 2.05) is 0 Å². The summed E-state index contributed by atoms with van der Waals surface area (Å²) < 4.78 is 53.6. The normalized spacial score (nSPS) is 12.4. The van der Waals surface area contributed by atoms with E-state index in [1.165, 1.54) is 0 Å². The summed E-state index contributed by atoms with van der Waals surface area (Å²) >= 11 is 0. The summed E-state index contributed by atoms with van der Waals surface area (Å²) in [4.78, 5) is 0. The van der Waals surface area contributed by atoms with Crippen LogP contribution in [0.15, 0.2) is 36.4 Å². The number of hydrogen-bond acceptors (Lipinski definition) is 1. The molecule has 0 aliphatic carbocycles. The van der Waals surface area contributed by atoms with Crippen molar-refractivity contribution in [3.63, 3.8) is 0 Å². The van der Waals surface area contributed by atoms with Gasteiger partial charge in [-0.25, -0.2) is 17.6 Å². The van der Waals surface area contributed by atoms with Gasteiger partial charge in [-0.15, -0.1) is 0 Å². The molecule has 0 radical (unpaired) electrons. The number of likely N-dealkylation sites (N-methyl/N-ethyl adjacent to an activating group) is 1. The summed E-state index contributed by atoms with van der Waals surface area (Å²) in [6, 6.07) is 5.49. The van der Waals surface area contributed by atoms with E-state index >= 15 is 0 Å². The Morgan fingerprint density at radius 1 is 0.900 bits per heavy atom. The molecule has 0 aromatic heterocycles. The largest absolute Gasteiger partial charge is 0.313 e. The molecule has 1 N–H and O–H groups in total. The van der Waals surface area contributed by atoms with Crippen molar-refractivity contribution in [2.75, 3.05) is 7.05 Å². The first-order valence-corrected chi connectivity index (χ1v) is 6.07. The summed E-state index contributed by atoms with van der Waals surface area (Å²) in [5.41, 5.74) is 0.184. The van der Waals surface area contributed by atoms with Gasteiger partial charge in [0, 0.05) is 11.6 Å². The molecule has 1 nitrogen and oxygen atoms in total. The molecule has 0 heterocycles. The third-order valence-corrected chi connectivity index (χ3v) is 3.11. The zero-order chi connectivity index (χ0) is 14.7. The maximum absolute atomic E-state index is 13.7. The second-order valence-electron chi connectivity index (χ2n) is 4.45. The van der Waals surface area contributed by atoms with Gasteiger partial charge >= 0.3 is 0 Å². The van der Waals surface area contributed by atoms with Crippen molar-refractivity contribution in [2.24, 2.45) is 0 Å². The topological polar surface area (TPSA) is 12.0 Å². The first kappa shape index (κ1) is 14.5. The lowest BCUT2D eigenvalue weighted by Crippen LogP contribution is -2.21. The van der Waals surface area contributed by atoms with Gasteiger partial charge in [0.25, 0.3) is 0 Å². The predicted molar refractivity (Wildman–Crippen MR) is 68.2 cm³/mol. The minimum Gasteiger partial charge on any atom is -0.313 e. The molecule has 20 heavy (non-hydrogen) atoms. The van der Waals surface area contributed by atoms with Crippen LogP contribution in [-0.4, -0.2) is 7.05 Å². The van der Waals surface area contributed by atoms with Gasteiger partial charge in [-0.1, -0.05) is 0 Å². The molecule has 2 rings (SSSR count). The zero-order valence-electron chi connectivity index (χ0n) is 10.8. The molecule has 0 spiro atoms. The van der Waals surface area contributed by atoms with Crippen molar-refractivity contribution < 1.29 is 17.6 Å². The molecule has 0 amide bonds. The molecular formula is C15H13F4N. The maximum Gasteiger partial charge on any atom is 0.128 e. The fourth-order valence-corrected chi connectivity index (χ4v) is 2.07. The molecule has 2 aromatic rings. The van der Waals surface area contributed by atoms with Crippen molar-refractivity contribution >= 4 is 0 Å². The van der Waals surface area contributed by atoms with Crippen LogP contribution in [0.5, 0.6) is 0 Å². The molecule has 0 aliphatic heterocycles. The summed E-state index contributed by atoms with van der Waals surface area (Å²) in [5.74, 6) is -2.33. The van der Waals surface area contributed by atoms with E-state index in [9.17, 15) is 17.6 Å². The van der Waals surface area contributed by atoms with E-state index in [1.54, 1.807) is 7.05 Å². The number of benzene rings is 2. The minimum absolute atomic E-state index is 0.0144. The van der Waals surface area contributed by atoms with E-state index < -0.39 is 29.3 Å². The Kier molecular flexibility index (Phi) is 4.39. The van der Waals surface area contributed by atoms with Crippen molar-refractivity contribution in [3.05, 3.63) is 70.8 Å². The monoisotopic (exact) mass is 283 g/mol. The fraction of sp³-hybridized carbons (Fsp3) is 0.200. The Labute approximate surface area is 114 Å². The lowest BCUT2D eigenvalue weighted by Gasteiger charge is -2.18. The van der Waals surface area contributed by atoms with Gasteiger partial charge in [0.1, 0.15) is 23.3 Å². The second-order valence-corrected chi connectivity index (χ2v) is 4.45. The Morgan fingerprint density at radius 2 is 1.50 bits per heavy atom. The molecule has 0 saturated heterocycles. The molecule has 0 saturated carbocycles. The average Bonchev–Trinajstić information content (AvgIpc) is 2.42. The Hall–Kier alpha value is -1.88. The van der Waals surface area contributed by atoms with E-state index in [4.69, 9.17) is 0 Å². The first-order valence-electron chi connectivity index (χ1n) is 6.07. The van der Waals surface area contributed by atoms with E-state index in [-0.39, 0.29) is 17.5 Å². The third-order valence-electron chi connectivity index (χ3n) is 3.11. The molecule has 106 valence electrons. The Balaban J connectivity index is 2.33. The van der Waals surface area contributed by atoms with Crippen LogP contribution in [0.4, 0.5) is 17.6 Å². The van der Waals surface area contributed by atoms with Gasteiger partial charge in [-0.3, -0.25) is 0 Å². The van der Waals surface area contributed by atoms with Gasteiger partial charge in [-0.05, 0) is 55.4 Å². The van der Waals surface area contributed by atoms with Crippen LogP contribution in [0, 0.1) is 23.3 Å². The van der Waals surface area contributed by atoms with Crippen molar-refractivity contribution in [2.45, 2.75) is 12.5 Å². The highest BCUT2D eigenvalue weighted by molar-refractivity contribution is 5.27. The quantitative estimate of drug-likeness (QED) is 0.843. The highest BCUT2D eigenvalue weighted by Gasteiger charge is 2.17. The Bertz CT molecular complexity index is 613. The van der Waals surface area contributed by atoms with Crippen molar-refractivity contribution in [3.8, 4) is 0 Å². The van der Waals surface area contributed by atoms with Gasteiger partial charge in [-0.2, -0.15) is 0 Å². The summed E-state index contributed by atoms with van der Waals surface area (Å²) in [5, 5.41) is 2.79. The van der Waals surface area contributed by atoms with Crippen LogP contribution in [0.2, 0.25) is 0 Å². The van der Waals surface area contributed by atoms with Crippen LogP contribution in [-0.2, 0) is 6.42 Å². The SMILES string of the molecule is CNC(Cc1cc(F)ccc1F)c1cc(F)ccc1F. The number of nitrogens with one attached hydrogen (secondary N) is 1. The highest BCUT2D eigenvalue weighted by atomic mass is 19.1. The third kappa shape index (κ3) is 3.17. The number of hydrogen-bond donors (Lipinski definition) is 1. The first-order chi connectivity index (χ1) is 9.51. The van der Waals surface area contributed by atoms with Crippen LogP contribution < -0.4 is 5.32 Å². The molecule has 1 unspecified atom stereocenters. The zero-order valence-corrected chi connectivity index (χ0v) is 10.8. The molecule has 1 atom stereocenters. The summed E-state index contributed by atoms with van der Waals surface area (Å²) in [7, 11) is 1.55. The average molecular weight is 283 g/mol. The number of halogens is 4. The van der Waals surface area contributed by atoms with Crippen molar-refractivity contribution in [1.29, 1.82) is 0 Å². The van der Waals surface area contributed by atoms with Gasteiger partial charge in [0.15, 0.2) is 0 Å². The van der Waals surface area contributed by atoms with Gasteiger partial charge < -0.3 is 5.32 Å². The molecule has 5 heteroatoms. The minimum atomic E-state index is -0.651. The highest BCUT2D eigenvalue weighted by Crippen LogP contribution is 2.23. The number of rotatable bonds is 4. The van der Waals surface area contributed by atoms with Crippen LogP contribution >= 0.6 is 0 Å². The maximum atomic E-state index is 13.7. The second kappa shape index (κ2) is 6.05. The van der Waals surface area contributed by atoms with E-state index in [0.717, 1.165) is 36.4 Å². The molecular weight excluding hydrogens is 270 g/mol. The molecule has 0 aliphatic rings. The lowest BCUT2D eigenvalue weighted by molar-refractivity contribution is 0.508. The lowest BCUT2D eigenvalue weighted by atomic mass is 9.98. The van der Waals surface area contributed by atoms with Crippen LogP contribution in [0.1, 0.15) is 17.2 Å². The fourth-order valence-electron chi connectivity index (χ4n) is 2.07. The Morgan fingerprint density at radius 3 is 2.15 bits per heavy atom. The van der Waals surface area contributed by atoms with Gasteiger partial charge in [0.05, 0.1) is 0 Å². The smallest absolute Gasteiger partial charge is 0.128 e. The standard InChI is InChI=1S/C15H13F4N/c1-20-15(12-8-11(17)3-5-14(12)19)7-9-6-10(16)2-4-13(9)18/h2-6,8,15,20H,7H2,1H3. The predicted octanol–water partition coefficient (Wildman–Crippen LogP) is 3.75. The van der Waals surface area contributed by atoms with Gasteiger partial charge in [0.2, 0.25) is 0 Å². The van der Waals surface area contributed by atoms with Crippen LogP contribution in [0.25, 0.3) is 0 Å².